The molecule has 0 saturated carbocycles. The molecule has 1 rings (SSSR count). The van der Waals surface area contributed by atoms with Crippen molar-refractivity contribution in [3.63, 3.8) is 0 Å². The first kappa shape index (κ1) is 18.1. The number of benzene rings is 1. The number of methoxy groups -OCH3 is 2. The highest BCUT2D eigenvalue weighted by molar-refractivity contribution is 5.27. The number of ether oxygens (including phenoxy) is 2. The molecule has 0 fully saturated rings. The summed E-state index contributed by atoms with van der Waals surface area (Å²) < 4.78 is 10.3. The highest BCUT2D eigenvalue weighted by Crippen LogP contribution is 2.20. The second-order valence-corrected chi connectivity index (χ2v) is 5.34. The molecule has 0 spiro atoms. The largest absolute Gasteiger partial charge is 0.388 e. The molecule has 1 N–H and O–H groups in total. The molecule has 0 aliphatic heterocycles. The standard InChI is InChI=1S/C17H29NO3/c1-15-7-4-5-8-16(15)17(19)9-11-18(12-14-21-3)10-6-13-20-2/h4-5,7-8,17,19H,6,9-14H2,1-3H3. The maximum Gasteiger partial charge on any atom is 0.0804 e. The van der Waals surface area contributed by atoms with Crippen molar-refractivity contribution < 1.29 is 14.6 Å². The normalized spacial score (nSPS) is 12.8. The van der Waals surface area contributed by atoms with Gasteiger partial charge in [0.1, 0.15) is 0 Å². The van der Waals surface area contributed by atoms with Crippen LogP contribution >= 0.6 is 0 Å². The van der Waals surface area contributed by atoms with Gasteiger partial charge in [-0.1, -0.05) is 24.3 Å². The van der Waals surface area contributed by atoms with Gasteiger partial charge < -0.3 is 19.5 Å². The minimum Gasteiger partial charge on any atom is -0.388 e. The zero-order chi connectivity index (χ0) is 15.5. The fourth-order valence-electron chi connectivity index (χ4n) is 2.41. The Morgan fingerprint density at radius 3 is 2.43 bits per heavy atom. The van der Waals surface area contributed by atoms with Gasteiger partial charge in [0.2, 0.25) is 0 Å². The van der Waals surface area contributed by atoms with Crippen molar-refractivity contribution in [3.05, 3.63) is 35.4 Å². The predicted octanol–water partition coefficient (Wildman–Crippen LogP) is 2.40. The van der Waals surface area contributed by atoms with Crippen LogP contribution in [0.3, 0.4) is 0 Å². The number of hydrogen-bond acceptors (Lipinski definition) is 4. The van der Waals surface area contributed by atoms with Crippen molar-refractivity contribution in [2.24, 2.45) is 0 Å². The lowest BCUT2D eigenvalue weighted by atomic mass is 10.0. The summed E-state index contributed by atoms with van der Waals surface area (Å²) in [6.45, 7) is 6.25. The zero-order valence-corrected chi connectivity index (χ0v) is 13.5. The van der Waals surface area contributed by atoms with Crippen molar-refractivity contribution >= 4 is 0 Å². The maximum absolute atomic E-state index is 10.4. The maximum atomic E-state index is 10.4. The molecule has 0 amide bonds. The van der Waals surface area contributed by atoms with Crippen molar-refractivity contribution in [1.29, 1.82) is 0 Å². The van der Waals surface area contributed by atoms with Crippen LogP contribution in [0.5, 0.6) is 0 Å². The summed E-state index contributed by atoms with van der Waals surface area (Å²) in [5.41, 5.74) is 2.17. The van der Waals surface area contributed by atoms with Gasteiger partial charge in [-0.15, -0.1) is 0 Å². The van der Waals surface area contributed by atoms with Crippen LogP contribution in [0, 0.1) is 6.92 Å². The van der Waals surface area contributed by atoms with E-state index in [9.17, 15) is 5.11 Å². The van der Waals surface area contributed by atoms with Crippen LogP contribution in [0.15, 0.2) is 24.3 Å². The van der Waals surface area contributed by atoms with E-state index in [4.69, 9.17) is 9.47 Å². The monoisotopic (exact) mass is 295 g/mol. The number of hydrogen-bond donors (Lipinski definition) is 1. The summed E-state index contributed by atoms with van der Waals surface area (Å²) in [5.74, 6) is 0. The Balaban J connectivity index is 2.45. The van der Waals surface area contributed by atoms with Gasteiger partial charge in [0.25, 0.3) is 0 Å². The van der Waals surface area contributed by atoms with E-state index in [-0.39, 0.29) is 0 Å². The third-order valence-electron chi connectivity index (χ3n) is 3.70. The molecular weight excluding hydrogens is 266 g/mol. The summed E-state index contributed by atoms with van der Waals surface area (Å²) in [7, 11) is 3.44. The van der Waals surface area contributed by atoms with E-state index in [1.54, 1.807) is 14.2 Å². The van der Waals surface area contributed by atoms with Gasteiger partial charge in [-0.3, -0.25) is 0 Å². The van der Waals surface area contributed by atoms with Crippen molar-refractivity contribution in [2.75, 3.05) is 47.1 Å². The SMILES string of the molecule is COCCCN(CCOC)CCC(O)c1ccccc1C. The van der Waals surface area contributed by atoms with Crippen LogP contribution in [0.2, 0.25) is 0 Å². The Kier molecular flexibility index (Phi) is 9.26. The lowest BCUT2D eigenvalue weighted by Crippen LogP contribution is -2.31. The minimum atomic E-state index is -0.404. The average molecular weight is 295 g/mol. The van der Waals surface area contributed by atoms with E-state index in [0.717, 1.165) is 50.2 Å². The van der Waals surface area contributed by atoms with Gasteiger partial charge in [-0.05, 0) is 30.9 Å². The second-order valence-electron chi connectivity index (χ2n) is 5.34. The molecule has 0 aromatic heterocycles. The van der Waals surface area contributed by atoms with Crippen LogP contribution in [-0.4, -0.2) is 57.1 Å². The van der Waals surface area contributed by atoms with E-state index in [1.807, 2.05) is 31.2 Å². The molecule has 21 heavy (non-hydrogen) atoms. The number of aliphatic hydroxyl groups is 1. The summed E-state index contributed by atoms with van der Waals surface area (Å²) >= 11 is 0. The lowest BCUT2D eigenvalue weighted by molar-refractivity contribution is 0.108. The molecule has 0 radical (unpaired) electrons. The minimum absolute atomic E-state index is 0.404. The molecule has 1 unspecified atom stereocenters. The molecule has 0 aliphatic rings. The molecule has 120 valence electrons. The van der Waals surface area contributed by atoms with Crippen LogP contribution in [0.1, 0.15) is 30.1 Å². The topological polar surface area (TPSA) is 41.9 Å². The fraction of sp³-hybridized carbons (Fsp3) is 0.647. The Hall–Kier alpha value is -0.940. The van der Waals surface area contributed by atoms with Gasteiger partial charge in [0, 0.05) is 40.5 Å². The van der Waals surface area contributed by atoms with E-state index in [2.05, 4.69) is 4.90 Å². The highest BCUT2D eigenvalue weighted by Gasteiger charge is 2.12. The van der Waals surface area contributed by atoms with Gasteiger partial charge in [0.05, 0.1) is 12.7 Å². The smallest absolute Gasteiger partial charge is 0.0804 e. The average Bonchev–Trinajstić information content (AvgIpc) is 2.49. The Labute approximate surface area is 128 Å². The van der Waals surface area contributed by atoms with Crippen LogP contribution < -0.4 is 0 Å². The van der Waals surface area contributed by atoms with Gasteiger partial charge in [0.15, 0.2) is 0 Å². The van der Waals surface area contributed by atoms with E-state index in [0.29, 0.717) is 6.61 Å². The first-order chi connectivity index (χ1) is 10.2. The van der Waals surface area contributed by atoms with Crippen molar-refractivity contribution in [1.82, 2.24) is 4.90 Å². The zero-order valence-electron chi connectivity index (χ0n) is 13.5. The van der Waals surface area contributed by atoms with E-state index >= 15 is 0 Å². The molecule has 4 nitrogen and oxygen atoms in total. The predicted molar refractivity (Wildman–Crippen MR) is 85.6 cm³/mol. The molecule has 0 heterocycles. The summed E-state index contributed by atoms with van der Waals surface area (Å²) in [5, 5.41) is 10.4. The van der Waals surface area contributed by atoms with Crippen molar-refractivity contribution in [3.8, 4) is 0 Å². The molecule has 1 aromatic carbocycles. The second kappa shape index (κ2) is 10.7. The van der Waals surface area contributed by atoms with Gasteiger partial charge >= 0.3 is 0 Å². The quantitative estimate of drug-likeness (QED) is 0.637. The van der Waals surface area contributed by atoms with E-state index < -0.39 is 6.10 Å². The molecule has 4 heteroatoms. The Morgan fingerprint density at radius 1 is 1.05 bits per heavy atom. The number of aliphatic hydroxyl groups excluding tert-OH is 1. The summed E-state index contributed by atoms with van der Waals surface area (Å²) in [6, 6.07) is 8.03. The first-order valence-electron chi connectivity index (χ1n) is 7.63. The molecule has 1 aromatic rings. The van der Waals surface area contributed by atoms with Crippen LogP contribution in [-0.2, 0) is 9.47 Å². The Morgan fingerprint density at radius 2 is 1.76 bits per heavy atom. The Bertz CT molecular complexity index is 384. The number of aryl methyl sites for hydroxylation is 1. The molecule has 1 atom stereocenters. The number of nitrogens with zero attached hydrogens (tertiary/aromatic N) is 1. The van der Waals surface area contributed by atoms with Crippen LogP contribution in [0.25, 0.3) is 0 Å². The third-order valence-corrected chi connectivity index (χ3v) is 3.70. The summed E-state index contributed by atoms with van der Waals surface area (Å²) in [6.07, 6.45) is 1.33. The van der Waals surface area contributed by atoms with E-state index in [1.165, 1.54) is 0 Å². The highest BCUT2D eigenvalue weighted by atomic mass is 16.5. The van der Waals surface area contributed by atoms with Crippen molar-refractivity contribution in [2.45, 2.75) is 25.9 Å². The molecule has 0 bridgehead atoms. The molecule has 0 saturated heterocycles. The lowest BCUT2D eigenvalue weighted by Gasteiger charge is -2.23. The fourth-order valence-corrected chi connectivity index (χ4v) is 2.41. The van der Waals surface area contributed by atoms with Gasteiger partial charge in [-0.25, -0.2) is 0 Å². The van der Waals surface area contributed by atoms with Gasteiger partial charge in [-0.2, -0.15) is 0 Å². The summed E-state index contributed by atoms with van der Waals surface area (Å²) in [4.78, 5) is 2.32. The first-order valence-corrected chi connectivity index (χ1v) is 7.63. The molecule has 0 aliphatic carbocycles. The third kappa shape index (κ3) is 7.05. The van der Waals surface area contributed by atoms with Crippen LogP contribution in [0.4, 0.5) is 0 Å². The number of rotatable bonds is 11. The molecular formula is C17H29NO3.